The second-order valence-electron chi connectivity index (χ2n) is 3.57. The minimum atomic E-state index is -0.880. The van der Waals surface area contributed by atoms with Gasteiger partial charge in [0.05, 0.1) is 10.0 Å². The molecule has 1 unspecified atom stereocenters. The maximum atomic E-state index is 10.3. The van der Waals surface area contributed by atoms with Crippen molar-refractivity contribution >= 4 is 34.8 Å². The van der Waals surface area contributed by atoms with E-state index < -0.39 is 6.10 Å². The maximum absolute atomic E-state index is 10.3. The zero-order chi connectivity index (χ0) is 12.4. The zero-order valence-corrected chi connectivity index (χ0v) is 11.0. The summed E-state index contributed by atoms with van der Waals surface area (Å²) in [6.07, 6.45) is -0.880. The first-order valence-corrected chi connectivity index (χ1v) is 6.11. The summed E-state index contributed by atoms with van der Waals surface area (Å²) in [6.45, 7) is 0. The van der Waals surface area contributed by atoms with Crippen molar-refractivity contribution in [2.45, 2.75) is 6.10 Å². The van der Waals surface area contributed by atoms with E-state index >= 15 is 0 Å². The molecule has 88 valence electrons. The summed E-state index contributed by atoms with van der Waals surface area (Å²) in [7, 11) is 0. The van der Waals surface area contributed by atoms with Gasteiger partial charge in [-0.2, -0.15) is 0 Å². The minimum absolute atomic E-state index is 0.349. The molecule has 1 N–H and O–H groups in total. The predicted octanol–water partition coefficient (Wildman–Crippen LogP) is 4.73. The Bertz CT molecular complexity index is 540. The smallest absolute Gasteiger partial charge is 0.107 e. The molecule has 0 aliphatic carbocycles. The van der Waals surface area contributed by atoms with Crippen LogP contribution < -0.4 is 0 Å². The van der Waals surface area contributed by atoms with E-state index in [0.717, 1.165) is 0 Å². The van der Waals surface area contributed by atoms with Gasteiger partial charge in [-0.25, -0.2) is 0 Å². The SMILES string of the molecule is OC(c1ccccc1Cl)c1cccc(Cl)c1Cl. The van der Waals surface area contributed by atoms with E-state index in [4.69, 9.17) is 34.8 Å². The molecule has 17 heavy (non-hydrogen) atoms. The van der Waals surface area contributed by atoms with E-state index in [0.29, 0.717) is 26.2 Å². The molecule has 0 aliphatic rings. The summed E-state index contributed by atoms with van der Waals surface area (Å²) in [5, 5.41) is 11.5. The topological polar surface area (TPSA) is 20.2 Å². The van der Waals surface area contributed by atoms with Crippen LogP contribution >= 0.6 is 34.8 Å². The van der Waals surface area contributed by atoms with Gasteiger partial charge in [0.1, 0.15) is 6.10 Å². The van der Waals surface area contributed by atoms with Gasteiger partial charge in [0.2, 0.25) is 0 Å². The van der Waals surface area contributed by atoms with E-state index in [1.54, 1.807) is 36.4 Å². The molecule has 0 aromatic heterocycles. The van der Waals surface area contributed by atoms with E-state index in [2.05, 4.69) is 0 Å². The Morgan fingerprint density at radius 2 is 1.35 bits per heavy atom. The molecule has 0 saturated carbocycles. The van der Waals surface area contributed by atoms with E-state index in [1.165, 1.54) is 0 Å². The Labute approximate surface area is 115 Å². The Balaban J connectivity index is 2.48. The van der Waals surface area contributed by atoms with Crippen LogP contribution in [0.2, 0.25) is 15.1 Å². The van der Waals surface area contributed by atoms with Crippen molar-refractivity contribution < 1.29 is 5.11 Å². The number of hydrogen-bond donors (Lipinski definition) is 1. The quantitative estimate of drug-likeness (QED) is 0.846. The number of rotatable bonds is 2. The van der Waals surface area contributed by atoms with Crippen molar-refractivity contribution in [3.05, 3.63) is 68.7 Å². The van der Waals surface area contributed by atoms with E-state index in [-0.39, 0.29) is 0 Å². The fraction of sp³-hybridized carbons (Fsp3) is 0.0769. The van der Waals surface area contributed by atoms with Crippen LogP contribution in [0, 0.1) is 0 Å². The van der Waals surface area contributed by atoms with Crippen molar-refractivity contribution in [1.29, 1.82) is 0 Å². The van der Waals surface area contributed by atoms with Gasteiger partial charge in [-0.1, -0.05) is 65.1 Å². The molecule has 0 fully saturated rings. The molecule has 2 rings (SSSR count). The van der Waals surface area contributed by atoms with Crippen LogP contribution in [0.5, 0.6) is 0 Å². The molecule has 4 heteroatoms. The van der Waals surface area contributed by atoms with Crippen LogP contribution in [-0.4, -0.2) is 5.11 Å². The molecule has 0 heterocycles. The minimum Gasteiger partial charge on any atom is -0.384 e. The van der Waals surface area contributed by atoms with Gasteiger partial charge < -0.3 is 5.11 Å². The average Bonchev–Trinajstić information content (AvgIpc) is 2.32. The molecule has 0 radical (unpaired) electrons. The number of aliphatic hydroxyl groups is 1. The number of hydrogen-bond acceptors (Lipinski definition) is 1. The predicted molar refractivity (Wildman–Crippen MR) is 72.0 cm³/mol. The van der Waals surface area contributed by atoms with Gasteiger partial charge in [-0.15, -0.1) is 0 Å². The van der Waals surface area contributed by atoms with Gasteiger partial charge in [0.25, 0.3) is 0 Å². The largest absolute Gasteiger partial charge is 0.384 e. The van der Waals surface area contributed by atoms with Gasteiger partial charge >= 0.3 is 0 Å². The fourth-order valence-corrected chi connectivity index (χ4v) is 2.25. The summed E-state index contributed by atoms with van der Waals surface area (Å²) >= 11 is 18.0. The van der Waals surface area contributed by atoms with Gasteiger partial charge in [0, 0.05) is 16.1 Å². The van der Waals surface area contributed by atoms with Crippen molar-refractivity contribution in [2.24, 2.45) is 0 Å². The summed E-state index contributed by atoms with van der Waals surface area (Å²) in [6, 6.07) is 12.2. The van der Waals surface area contributed by atoms with Crippen LogP contribution in [0.3, 0.4) is 0 Å². The Morgan fingerprint density at radius 3 is 2.06 bits per heavy atom. The lowest BCUT2D eigenvalue weighted by Crippen LogP contribution is -2.01. The summed E-state index contributed by atoms with van der Waals surface area (Å²) in [5.41, 5.74) is 1.16. The van der Waals surface area contributed by atoms with Crippen molar-refractivity contribution in [2.75, 3.05) is 0 Å². The first-order chi connectivity index (χ1) is 8.11. The number of aliphatic hydroxyl groups excluding tert-OH is 1. The summed E-state index contributed by atoms with van der Waals surface area (Å²) in [5.74, 6) is 0. The third-order valence-electron chi connectivity index (χ3n) is 2.48. The van der Waals surface area contributed by atoms with Crippen LogP contribution in [0.4, 0.5) is 0 Å². The molecule has 2 aromatic rings. The maximum Gasteiger partial charge on any atom is 0.107 e. The van der Waals surface area contributed by atoms with E-state index in [9.17, 15) is 5.11 Å². The first-order valence-electron chi connectivity index (χ1n) is 4.97. The molecular weight excluding hydrogens is 279 g/mol. The summed E-state index contributed by atoms with van der Waals surface area (Å²) in [4.78, 5) is 0. The molecule has 0 spiro atoms. The zero-order valence-electron chi connectivity index (χ0n) is 8.70. The monoisotopic (exact) mass is 286 g/mol. The molecule has 1 nitrogen and oxygen atoms in total. The Kier molecular flexibility index (Phi) is 3.95. The highest BCUT2D eigenvalue weighted by Gasteiger charge is 2.17. The lowest BCUT2D eigenvalue weighted by molar-refractivity contribution is 0.220. The molecule has 0 bridgehead atoms. The van der Waals surface area contributed by atoms with Gasteiger partial charge in [0.15, 0.2) is 0 Å². The lowest BCUT2D eigenvalue weighted by atomic mass is 10.0. The second-order valence-corrected chi connectivity index (χ2v) is 4.76. The normalized spacial score (nSPS) is 12.5. The number of benzene rings is 2. The fourth-order valence-electron chi connectivity index (χ4n) is 1.60. The standard InChI is InChI=1S/C13H9Cl3O/c14-10-6-2-1-4-8(10)13(17)9-5-3-7-11(15)12(9)16/h1-7,13,17H. The van der Waals surface area contributed by atoms with Crippen LogP contribution in [0.25, 0.3) is 0 Å². The Morgan fingerprint density at radius 1 is 0.765 bits per heavy atom. The van der Waals surface area contributed by atoms with Crippen molar-refractivity contribution in [1.82, 2.24) is 0 Å². The second kappa shape index (κ2) is 5.28. The van der Waals surface area contributed by atoms with Crippen molar-refractivity contribution in [3.8, 4) is 0 Å². The van der Waals surface area contributed by atoms with Crippen LogP contribution in [0.1, 0.15) is 17.2 Å². The van der Waals surface area contributed by atoms with E-state index in [1.807, 2.05) is 6.07 Å². The van der Waals surface area contributed by atoms with Crippen LogP contribution in [-0.2, 0) is 0 Å². The highest BCUT2D eigenvalue weighted by atomic mass is 35.5. The molecule has 0 aliphatic heterocycles. The average molecular weight is 288 g/mol. The van der Waals surface area contributed by atoms with Crippen molar-refractivity contribution in [3.63, 3.8) is 0 Å². The molecule has 2 aromatic carbocycles. The highest BCUT2D eigenvalue weighted by Crippen LogP contribution is 2.35. The molecule has 0 saturated heterocycles. The Hall–Kier alpha value is -0.730. The van der Waals surface area contributed by atoms with Gasteiger partial charge in [-0.3, -0.25) is 0 Å². The summed E-state index contributed by atoms with van der Waals surface area (Å²) < 4.78 is 0. The highest BCUT2D eigenvalue weighted by molar-refractivity contribution is 6.42. The molecular formula is C13H9Cl3O. The van der Waals surface area contributed by atoms with Crippen LogP contribution in [0.15, 0.2) is 42.5 Å². The van der Waals surface area contributed by atoms with Gasteiger partial charge in [-0.05, 0) is 12.1 Å². The third kappa shape index (κ3) is 2.58. The molecule has 1 atom stereocenters. The lowest BCUT2D eigenvalue weighted by Gasteiger charge is -2.15. The molecule has 0 amide bonds. The third-order valence-corrected chi connectivity index (χ3v) is 3.65. The first kappa shape index (κ1) is 12.7. The number of halogens is 3.